The molecule has 0 heterocycles. The van der Waals surface area contributed by atoms with Crippen LogP contribution in [-0.4, -0.2) is 18.3 Å². The number of nitrogens with one attached hydrogen (secondary N) is 1. The SMILES string of the molecule is COc1ccc(NC(=O)CCBr)cc1C. The lowest BCUT2D eigenvalue weighted by molar-refractivity contribution is -0.115. The molecule has 0 saturated carbocycles. The minimum atomic E-state index is 0.0106. The third kappa shape index (κ3) is 3.55. The van der Waals surface area contributed by atoms with Crippen LogP contribution in [0, 0.1) is 6.92 Å². The summed E-state index contributed by atoms with van der Waals surface area (Å²) < 4.78 is 5.13. The Labute approximate surface area is 97.9 Å². The monoisotopic (exact) mass is 271 g/mol. The summed E-state index contributed by atoms with van der Waals surface area (Å²) in [5, 5.41) is 3.49. The number of carbonyl (C=O) groups is 1. The van der Waals surface area contributed by atoms with E-state index < -0.39 is 0 Å². The molecule has 1 aromatic carbocycles. The van der Waals surface area contributed by atoms with Crippen molar-refractivity contribution >= 4 is 27.5 Å². The third-order valence-corrected chi connectivity index (χ3v) is 2.40. The van der Waals surface area contributed by atoms with Gasteiger partial charge in [-0.3, -0.25) is 4.79 Å². The van der Waals surface area contributed by atoms with Gasteiger partial charge in [-0.1, -0.05) is 15.9 Å². The molecule has 1 aromatic rings. The molecule has 1 amide bonds. The van der Waals surface area contributed by atoms with E-state index in [1.54, 1.807) is 7.11 Å². The number of anilines is 1. The van der Waals surface area contributed by atoms with Crippen molar-refractivity contribution in [3.63, 3.8) is 0 Å². The second kappa shape index (κ2) is 5.75. The van der Waals surface area contributed by atoms with Crippen molar-refractivity contribution in [1.29, 1.82) is 0 Å². The van der Waals surface area contributed by atoms with E-state index in [4.69, 9.17) is 4.74 Å². The van der Waals surface area contributed by atoms with Gasteiger partial charge in [0.25, 0.3) is 0 Å². The van der Waals surface area contributed by atoms with Crippen LogP contribution in [0.5, 0.6) is 5.75 Å². The van der Waals surface area contributed by atoms with Gasteiger partial charge >= 0.3 is 0 Å². The number of halogens is 1. The quantitative estimate of drug-likeness (QED) is 0.856. The Morgan fingerprint density at radius 3 is 2.80 bits per heavy atom. The Balaban J connectivity index is 2.71. The summed E-state index contributed by atoms with van der Waals surface area (Å²) in [5.41, 5.74) is 1.81. The molecule has 82 valence electrons. The first-order valence-electron chi connectivity index (χ1n) is 4.68. The molecule has 0 aromatic heterocycles. The van der Waals surface area contributed by atoms with E-state index in [0.29, 0.717) is 11.8 Å². The van der Waals surface area contributed by atoms with Gasteiger partial charge < -0.3 is 10.1 Å². The van der Waals surface area contributed by atoms with Crippen LogP contribution in [0.25, 0.3) is 0 Å². The van der Waals surface area contributed by atoms with Gasteiger partial charge in [0.05, 0.1) is 7.11 Å². The standard InChI is InChI=1S/C11H14BrNO2/c1-8-7-9(3-4-10(8)15-2)13-11(14)5-6-12/h3-4,7H,5-6H2,1-2H3,(H,13,14). The second-order valence-electron chi connectivity index (χ2n) is 3.17. The fourth-order valence-electron chi connectivity index (χ4n) is 1.27. The van der Waals surface area contributed by atoms with Crippen LogP contribution in [0.4, 0.5) is 5.69 Å². The molecular formula is C11H14BrNO2. The van der Waals surface area contributed by atoms with Crippen LogP contribution in [0.3, 0.4) is 0 Å². The first-order chi connectivity index (χ1) is 7.17. The molecule has 0 aliphatic rings. The fourth-order valence-corrected chi connectivity index (χ4v) is 1.63. The maximum Gasteiger partial charge on any atom is 0.225 e. The normalized spacial score (nSPS) is 9.80. The van der Waals surface area contributed by atoms with Crippen LogP contribution in [0.1, 0.15) is 12.0 Å². The zero-order valence-electron chi connectivity index (χ0n) is 8.84. The van der Waals surface area contributed by atoms with E-state index in [0.717, 1.165) is 17.0 Å². The summed E-state index contributed by atoms with van der Waals surface area (Å²) >= 11 is 3.22. The Kier molecular flexibility index (Phi) is 4.62. The molecule has 0 fully saturated rings. The van der Waals surface area contributed by atoms with Gasteiger partial charge in [-0.05, 0) is 30.7 Å². The number of methoxy groups -OCH3 is 1. The molecule has 0 bridgehead atoms. The van der Waals surface area contributed by atoms with Crippen LogP contribution < -0.4 is 10.1 Å². The Hall–Kier alpha value is -1.03. The summed E-state index contributed by atoms with van der Waals surface area (Å²) in [6, 6.07) is 5.57. The molecule has 0 aliphatic heterocycles. The van der Waals surface area contributed by atoms with Crippen molar-refractivity contribution in [3.05, 3.63) is 23.8 Å². The average molecular weight is 272 g/mol. The number of carbonyl (C=O) groups excluding carboxylic acids is 1. The van der Waals surface area contributed by atoms with Gasteiger partial charge in [-0.15, -0.1) is 0 Å². The van der Waals surface area contributed by atoms with Gasteiger partial charge in [0.15, 0.2) is 0 Å². The molecule has 0 radical (unpaired) electrons. The van der Waals surface area contributed by atoms with Crippen molar-refractivity contribution < 1.29 is 9.53 Å². The third-order valence-electron chi connectivity index (χ3n) is 2.00. The van der Waals surface area contributed by atoms with Crippen molar-refractivity contribution in [2.24, 2.45) is 0 Å². The van der Waals surface area contributed by atoms with E-state index in [-0.39, 0.29) is 5.91 Å². The molecule has 4 heteroatoms. The van der Waals surface area contributed by atoms with E-state index >= 15 is 0 Å². The first kappa shape index (κ1) is 12.0. The molecule has 0 aliphatic carbocycles. The minimum absolute atomic E-state index is 0.0106. The zero-order valence-corrected chi connectivity index (χ0v) is 10.4. The summed E-state index contributed by atoms with van der Waals surface area (Å²) in [5.74, 6) is 0.838. The molecule has 1 rings (SSSR count). The molecule has 0 saturated heterocycles. The highest BCUT2D eigenvalue weighted by Crippen LogP contribution is 2.21. The largest absolute Gasteiger partial charge is 0.496 e. The molecule has 0 spiro atoms. The number of ether oxygens (including phenoxy) is 1. The molecule has 15 heavy (non-hydrogen) atoms. The molecule has 1 N–H and O–H groups in total. The van der Waals surface area contributed by atoms with Gasteiger partial charge in [0.1, 0.15) is 5.75 Å². The van der Waals surface area contributed by atoms with Gasteiger partial charge in [0.2, 0.25) is 5.91 Å². The van der Waals surface area contributed by atoms with Crippen molar-refractivity contribution in [1.82, 2.24) is 0 Å². The highest BCUT2D eigenvalue weighted by molar-refractivity contribution is 9.09. The minimum Gasteiger partial charge on any atom is -0.496 e. The number of aryl methyl sites for hydroxylation is 1. The van der Waals surface area contributed by atoms with Crippen LogP contribution >= 0.6 is 15.9 Å². The highest BCUT2D eigenvalue weighted by atomic mass is 79.9. The van der Waals surface area contributed by atoms with E-state index in [1.165, 1.54) is 0 Å². The summed E-state index contributed by atoms with van der Waals surface area (Å²) in [6.45, 7) is 1.94. The second-order valence-corrected chi connectivity index (χ2v) is 3.96. The number of amides is 1. The number of benzene rings is 1. The van der Waals surface area contributed by atoms with E-state index in [2.05, 4.69) is 21.2 Å². The smallest absolute Gasteiger partial charge is 0.225 e. The zero-order chi connectivity index (χ0) is 11.3. The predicted molar refractivity (Wildman–Crippen MR) is 64.8 cm³/mol. The molecule has 0 atom stereocenters. The van der Waals surface area contributed by atoms with Crippen LogP contribution in [-0.2, 0) is 4.79 Å². The maximum absolute atomic E-state index is 11.3. The van der Waals surface area contributed by atoms with Crippen molar-refractivity contribution in [2.75, 3.05) is 17.8 Å². The van der Waals surface area contributed by atoms with E-state index in [9.17, 15) is 4.79 Å². The topological polar surface area (TPSA) is 38.3 Å². The van der Waals surface area contributed by atoms with Gasteiger partial charge in [-0.2, -0.15) is 0 Å². The van der Waals surface area contributed by atoms with Crippen molar-refractivity contribution in [3.8, 4) is 5.75 Å². The highest BCUT2D eigenvalue weighted by Gasteiger charge is 2.03. The molecular weight excluding hydrogens is 258 g/mol. The molecule has 0 unspecified atom stereocenters. The fraction of sp³-hybridized carbons (Fsp3) is 0.364. The Morgan fingerprint density at radius 2 is 2.27 bits per heavy atom. The lowest BCUT2D eigenvalue weighted by Gasteiger charge is -2.08. The molecule has 3 nitrogen and oxygen atoms in total. The summed E-state index contributed by atoms with van der Waals surface area (Å²) in [6.07, 6.45) is 0.477. The Morgan fingerprint density at radius 1 is 1.53 bits per heavy atom. The summed E-state index contributed by atoms with van der Waals surface area (Å²) in [7, 11) is 1.63. The Bertz CT molecular complexity index is 352. The van der Waals surface area contributed by atoms with Gasteiger partial charge in [0, 0.05) is 17.4 Å². The number of hydrogen-bond acceptors (Lipinski definition) is 2. The van der Waals surface area contributed by atoms with Gasteiger partial charge in [-0.25, -0.2) is 0 Å². The predicted octanol–water partition coefficient (Wildman–Crippen LogP) is 2.73. The van der Waals surface area contributed by atoms with E-state index in [1.807, 2.05) is 25.1 Å². The lowest BCUT2D eigenvalue weighted by atomic mass is 10.2. The van der Waals surface area contributed by atoms with Crippen LogP contribution in [0.15, 0.2) is 18.2 Å². The average Bonchev–Trinajstić information content (AvgIpc) is 2.18. The number of alkyl halides is 1. The first-order valence-corrected chi connectivity index (χ1v) is 5.80. The number of rotatable bonds is 4. The van der Waals surface area contributed by atoms with Crippen LogP contribution in [0.2, 0.25) is 0 Å². The summed E-state index contributed by atoms with van der Waals surface area (Å²) in [4.78, 5) is 11.3. The van der Waals surface area contributed by atoms with Crippen molar-refractivity contribution in [2.45, 2.75) is 13.3 Å². The maximum atomic E-state index is 11.3. The lowest BCUT2D eigenvalue weighted by Crippen LogP contribution is -2.11. The number of hydrogen-bond donors (Lipinski definition) is 1.